The van der Waals surface area contributed by atoms with E-state index < -0.39 is 21.7 Å². The molecule has 0 radical (unpaired) electrons. The summed E-state index contributed by atoms with van der Waals surface area (Å²) < 4.78 is 35.5. The summed E-state index contributed by atoms with van der Waals surface area (Å²) in [6.45, 7) is 0. The largest absolute Gasteiger partial charge is 0.465 e. The van der Waals surface area contributed by atoms with Gasteiger partial charge in [-0.1, -0.05) is 42.2 Å². The minimum absolute atomic E-state index is 0.0781. The number of amides is 1. The van der Waals surface area contributed by atoms with Gasteiger partial charge in [0, 0.05) is 22.4 Å². The standard InChI is InChI=1S/C28H21NO6S/c1-34-28(31)22-9-5-7-20(17-22)13-14-21-8-6-10-24(18-21)29-27(30)26-23(15-16-35-26)19-36(32,33)25-11-3-2-4-12-25/h2-12,15-18H,19H2,1H3,(H,29,30). The number of furan rings is 1. The van der Waals surface area contributed by atoms with Crippen LogP contribution in [0.3, 0.4) is 0 Å². The number of sulfone groups is 1. The highest BCUT2D eigenvalue weighted by Gasteiger charge is 2.22. The van der Waals surface area contributed by atoms with Crippen molar-refractivity contribution in [1.29, 1.82) is 0 Å². The van der Waals surface area contributed by atoms with Crippen molar-refractivity contribution in [2.24, 2.45) is 0 Å². The molecule has 1 aromatic heterocycles. The lowest BCUT2D eigenvalue weighted by Gasteiger charge is -2.07. The second-order valence-electron chi connectivity index (χ2n) is 7.70. The van der Waals surface area contributed by atoms with Gasteiger partial charge in [0.25, 0.3) is 5.91 Å². The molecule has 1 amide bonds. The van der Waals surface area contributed by atoms with Gasteiger partial charge in [0.05, 0.1) is 29.6 Å². The summed E-state index contributed by atoms with van der Waals surface area (Å²) in [7, 11) is -2.34. The monoisotopic (exact) mass is 499 g/mol. The van der Waals surface area contributed by atoms with Crippen LogP contribution in [0.2, 0.25) is 0 Å². The average molecular weight is 500 g/mol. The fraction of sp³-hybridized carbons (Fsp3) is 0.0714. The molecule has 7 nitrogen and oxygen atoms in total. The minimum atomic E-state index is -3.65. The highest BCUT2D eigenvalue weighted by atomic mass is 32.2. The van der Waals surface area contributed by atoms with Gasteiger partial charge in [-0.05, 0) is 54.6 Å². The number of carbonyl (C=O) groups is 2. The second kappa shape index (κ2) is 10.8. The van der Waals surface area contributed by atoms with E-state index in [2.05, 4.69) is 17.2 Å². The number of nitrogens with one attached hydrogen (secondary N) is 1. The van der Waals surface area contributed by atoms with Crippen LogP contribution in [0.4, 0.5) is 5.69 Å². The predicted octanol–water partition coefficient (Wildman–Crippen LogP) is 4.69. The molecule has 0 aliphatic rings. The van der Waals surface area contributed by atoms with Gasteiger partial charge in [0.15, 0.2) is 15.6 Å². The Balaban J connectivity index is 1.49. The first-order valence-corrected chi connectivity index (χ1v) is 12.5. The van der Waals surface area contributed by atoms with E-state index in [1.807, 2.05) is 0 Å². The molecule has 0 bridgehead atoms. The molecule has 8 heteroatoms. The minimum Gasteiger partial charge on any atom is -0.465 e. The number of benzene rings is 3. The van der Waals surface area contributed by atoms with Gasteiger partial charge in [-0.2, -0.15) is 0 Å². The lowest BCUT2D eigenvalue weighted by atomic mass is 10.1. The second-order valence-corrected chi connectivity index (χ2v) is 9.69. The van der Waals surface area contributed by atoms with Crippen molar-refractivity contribution in [1.82, 2.24) is 0 Å². The molecule has 180 valence electrons. The van der Waals surface area contributed by atoms with E-state index in [9.17, 15) is 18.0 Å². The van der Waals surface area contributed by atoms with Crippen LogP contribution >= 0.6 is 0 Å². The van der Waals surface area contributed by atoms with Crippen LogP contribution in [0.25, 0.3) is 0 Å². The van der Waals surface area contributed by atoms with Crippen molar-refractivity contribution in [2.45, 2.75) is 10.6 Å². The highest BCUT2D eigenvalue weighted by Crippen LogP contribution is 2.21. The van der Waals surface area contributed by atoms with E-state index >= 15 is 0 Å². The quantitative estimate of drug-likeness (QED) is 0.305. The first-order valence-electron chi connectivity index (χ1n) is 10.8. The van der Waals surface area contributed by atoms with Gasteiger partial charge in [-0.25, -0.2) is 13.2 Å². The molecule has 1 N–H and O–H groups in total. The molecule has 0 aliphatic carbocycles. The Morgan fingerprint density at radius 1 is 0.889 bits per heavy atom. The summed E-state index contributed by atoms with van der Waals surface area (Å²) in [6, 6.07) is 23.1. The third-order valence-corrected chi connectivity index (χ3v) is 6.84. The maximum absolute atomic E-state index is 12.9. The SMILES string of the molecule is COC(=O)c1cccc(C#Cc2cccc(NC(=O)c3occc3CS(=O)(=O)c3ccccc3)c2)c1. The summed E-state index contributed by atoms with van der Waals surface area (Å²) in [5.74, 6) is 4.51. The van der Waals surface area contributed by atoms with Crippen molar-refractivity contribution in [3.05, 3.63) is 119 Å². The lowest BCUT2D eigenvalue weighted by Crippen LogP contribution is -2.14. The Morgan fingerprint density at radius 3 is 2.31 bits per heavy atom. The number of hydrogen-bond donors (Lipinski definition) is 1. The number of ether oxygens (including phenoxy) is 1. The van der Waals surface area contributed by atoms with Crippen LogP contribution in [0.1, 0.15) is 37.6 Å². The molecule has 0 saturated heterocycles. The Hall–Kier alpha value is -4.61. The first kappa shape index (κ1) is 24.5. The summed E-state index contributed by atoms with van der Waals surface area (Å²) in [5, 5.41) is 2.72. The van der Waals surface area contributed by atoms with Crippen molar-refractivity contribution in [2.75, 3.05) is 12.4 Å². The zero-order chi connectivity index (χ0) is 25.5. The van der Waals surface area contributed by atoms with Gasteiger partial charge >= 0.3 is 5.97 Å². The van der Waals surface area contributed by atoms with Gasteiger partial charge in [-0.15, -0.1) is 0 Å². The fourth-order valence-electron chi connectivity index (χ4n) is 3.41. The van der Waals surface area contributed by atoms with Crippen molar-refractivity contribution < 1.29 is 27.2 Å². The molecule has 0 atom stereocenters. The molecule has 1 heterocycles. The summed E-state index contributed by atoms with van der Waals surface area (Å²) >= 11 is 0. The van der Waals surface area contributed by atoms with Crippen LogP contribution in [0.5, 0.6) is 0 Å². The molecular formula is C28H21NO6S. The number of carbonyl (C=O) groups excluding carboxylic acids is 2. The predicted molar refractivity (Wildman–Crippen MR) is 134 cm³/mol. The molecule has 3 aromatic carbocycles. The molecular weight excluding hydrogens is 478 g/mol. The maximum atomic E-state index is 12.9. The topological polar surface area (TPSA) is 103 Å². The van der Waals surface area contributed by atoms with Crippen LogP contribution in [0.15, 0.2) is 101 Å². The summed E-state index contributed by atoms with van der Waals surface area (Å²) in [4.78, 5) is 24.7. The van der Waals surface area contributed by atoms with E-state index in [0.717, 1.165) is 0 Å². The smallest absolute Gasteiger partial charge is 0.337 e. The molecule has 0 fully saturated rings. The van der Waals surface area contributed by atoms with E-state index in [4.69, 9.17) is 9.15 Å². The number of esters is 1. The van der Waals surface area contributed by atoms with Crippen LogP contribution in [0, 0.1) is 11.8 Å². The van der Waals surface area contributed by atoms with E-state index in [-0.39, 0.29) is 22.0 Å². The van der Waals surface area contributed by atoms with Crippen molar-refractivity contribution in [3.8, 4) is 11.8 Å². The third kappa shape index (κ3) is 5.90. The molecule has 0 saturated carbocycles. The number of hydrogen-bond acceptors (Lipinski definition) is 6. The summed E-state index contributed by atoms with van der Waals surface area (Å²) in [6.07, 6.45) is 1.29. The van der Waals surface area contributed by atoms with Crippen molar-refractivity contribution in [3.63, 3.8) is 0 Å². The van der Waals surface area contributed by atoms with Gasteiger partial charge < -0.3 is 14.5 Å². The summed E-state index contributed by atoms with van der Waals surface area (Å²) in [5.41, 5.74) is 2.38. The van der Waals surface area contributed by atoms with Gasteiger partial charge in [0.1, 0.15) is 0 Å². The van der Waals surface area contributed by atoms with Crippen LogP contribution in [-0.2, 0) is 20.3 Å². The lowest BCUT2D eigenvalue weighted by molar-refractivity contribution is 0.0600. The van der Waals surface area contributed by atoms with Crippen molar-refractivity contribution >= 4 is 27.4 Å². The molecule has 4 aromatic rings. The van der Waals surface area contributed by atoms with E-state index in [1.165, 1.54) is 31.6 Å². The van der Waals surface area contributed by atoms with E-state index in [1.54, 1.807) is 66.7 Å². The molecule has 0 spiro atoms. The molecule has 0 aliphatic heterocycles. The van der Waals surface area contributed by atoms with E-state index in [0.29, 0.717) is 22.4 Å². The normalized spacial score (nSPS) is 10.7. The average Bonchev–Trinajstić information content (AvgIpc) is 3.35. The highest BCUT2D eigenvalue weighted by molar-refractivity contribution is 7.90. The number of rotatable bonds is 6. The number of anilines is 1. The molecule has 4 rings (SSSR count). The zero-order valence-electron chi connectivity index (χ0n) is 19.2. The van der Waals surface area contributed by atoms with Gasteiger partial charge in [0.2, 0.25) is 0 Å². The maximum Gasteiger partial charge on any atom is 0.337 e. The zero-order valence-corrected chi connectivity index (χ0v) is 20.0. The Bertz CT molecular complexity index is 1580. The van der Waals surface area contributed by atoms with Gasteiger partial charge in [-0.3, -0.25) is 4.79 Å². The fourth-order valence-corrected chi connectivity index (χ4v) is 4.79. The molecule has 0 unspecified atom stereocenters. The Kier molecular flexibility index (Phi) is 7.33. The Labute approximate surface area is 208 Å². The Morgan fingerprint density at radius 2 is 1.58 bits per heavy atom. The molecule has 36 heavy (non-hydrogen) atoms. The first-order chi connectivity index (χ1) is 17.4. The number of methoxy groups -OCH3 is 1. The third-order valence-electron chi connectivity index (χ3n) is 5.16. The van der Waals surface area contributed by atoms with Crippen LogP contribution < -0.4 is 5.32 Å². The van der Waals surface area contributed by atoms with Crippen LogP contribution in [-0.4, -0.2) is 27.4 Å².